The van der Waals surface area contributed by atoms with Crippen LogP contribution in [-0.2, 0) is 13.1 Å². The zero-order valence-corrected chi connectivity index (χ0v) is 12.7. The molecular weight excluding hydrogens is 277 g/mol. The van der Waals surface area contributed by atoms with Crippen molar-refractivity contribution >= 4 is 11.6 Å². The number of hydrogen-bond acceptors (Lipinski definition) is 2. The fraction of sp³-hybridized carbons (Fsp3) is 0.400. The van der Waals surface area contributed by atoms with Gasteiger partial charge in [0.25, 0.3) is 0 Å². The Labute approximate surface area is 123 Å². The standard InChI is InChI=1S/C15H19ClFN3/c1-4-20-14(15(16)11(3)19-20)9-18-10(2)12-5-7-13(17)8-6-12/h5-8,10,18H,4,9H2,1-3H3. The van der Waals surface area contributed by atoms with Gasteiger partial charge in [-0.2, -0.15) is 5.10 Å². The van der Waals surface area contributed by atoms with Gasteiger partial charge in [-0.1, -0.05) is 23.7 Å². The average Bonchev–Trinajstić information content (AvgIpc) is 2.72. The van der Waals surface area contributed by atoms with E-state index in [2.05, 4.69) is 10.4 Å². The molecule has 5 heteroatoms. The molecular formula is C15H19ClFN3. The molecule has 0 saturated heterocycles. The van der Waals surface area contributed by atoms with E-state index in [9.17, 15) is 4.39 Å². The number of benzene rings is 1. The van der Waals surface area contributed by atoms with Crippen LogP contribution in [0.5, 0.6) is 0 Å². The molecule has 0 spiro atoms. The molecule has 1 aromatic carbocycles. The van der Waals surface area contributed by atoms with Crippen LogP contribution in [0.3, 0.4) is 0 Å². The summed E-state index contributed by atoms with van der Waals surface area (Å²) in [6.07, 6.45) is 0. The van der Waals surface area contributed by atoms with Crippen molar-refractivity contribution in [2.75, 3.05) is 0 Å². The van der Waals surface area contributed by atoms with Gasteiger partial charge in [0, 0.05) is 19.1 Å². The van der Waals surface area contributed by atoms with Crippen LogP contribution in [0.1, 0.15) is 36.8 Å². The number of aromatic nitrogens is 2. The quantitative estimate of drug-likeness (QED) is 0.908. The Hall–Kier alpha value is -1.39. The predicted octanol–water partition coefficient (Wildman–Crippen LogP) is 3.85. The van der Waals surface area contributed by atoms with Crippen molar-refractivity contribution in [2.45, 2.75) is 39.9 Å². The molecule has 0 radical (unpaired) electrons. The summed E-state index contributed by atoms with van der Waals surface area (Å²) in [5.74, 6) is -0.219. The summed E-state index contributed by atoms with van der Waals surface area (Å²) in [6.45, 7) is 7.40. The summed E-state index contributed by atoms with van der Waals surface area (Å²) < 4.78 is 14.8. The highest BCUT2D eigenvalue weighted by molar-refractivity contribution is 6.31. The number of nitrogens with one attached hydrogen (secondary N) is 1. The second-order valence-corrected chi connectivity index (χ2v) is 5.19. The molecule has 108 valence electrons. The third-order valence-electron chi connectivity index (χ3n) is 3.40. The summed E-state index contributed by atoms with van der Waals surface area (Å²) in [5, 5.41) is 8.50. The SMILES string of the molecule is CCn1nc(C)c(Cl)c1CNC(C)c1ccc(F)cc1. The van der Waals surface area contributed by atoms with Crippen molar-refractivity contribution < 1.29 is 4.39 Å². The van der Waals surface area contributed by atoms with Crippen LogP contribution in [0.15, 0.2) is 24.3 Å². The van der Waals surface area contributed by atoms with E-state index in [4.69, 9.17) is 11.6 Å². The van der Waals surface area contributed by atoms with Gasteiger partial charge in [-0.25, -0.2) is 4.39 Å². The Morgan fingerprint density at radius 1 is 1.35 bits per heavy atom. The molecule has 1 aromatic heterocycles. The topological polar surface area (TPSA) is 29.9 Å². The zero-order chi connectivity index (χ0) is 14.7. The lowest BCUT2D eigenvalue weighted by atomic mass is 10.1. The molecule has 2 rings (SSSR count). The molecule has 0 amide bonds. The maximum atomic E-state index is 12.9. The van der Waals surface area contributed by atoms with Gasteiger partial charge in [0.15, 0.2) is 0 Å². The normalized spacial score (nSPS) is 12.7. The van der Waals surface area contributed by atoms with Crippen LogP contribution in [-0.4, -0.2) is 9.78 Å². The molecule has 0 aliphatic heterocycles. The molecule has 1 atom stereocenters. The first-order valence-electron chi connectivity index (χ1n) is 6.73. The molecule has 1 unspecified atom stereocenters. The molecule has 0 aliphatic rings. The van der Waals surface area contributed by atoms with Gasteiger partial charge in [-0.3, -0.25) is 4.68 Å². The van der Waals surface area contributed by atoms with E-state index in [0.29, 0.717) is 11.6 Å². The number of halogens is 2. The summed E-state index contributed by atoms with van der Waals surface area (Å²) in [4.78, 5) is 0. The van der Waals surface area contributed by atoms with Crippen molar-refractivity contribution in [2.24, 2.45) is 0 Å². The Bertz CT molecular complexity index is 578. The van der Waals surface area contributed by atoms with Gasteiger partial charge < -0.3 is 5.32 Å². The third-order valence-corrected chi connectivity index (χ3v) is 3.89. The van der Waals surface area contributed by atoms with E-state index >= 15 is 0 Å². The molecule has 0 fully saturated rings. The summed E-state index contributed by atoms with van der Waals surface area (Å²) in [6, 6.07) is 6.64. The van der Waals surface area contributed by atoms with E-state index < -0.39 is 0 Å². The van der Waals surface area contributed by atoms with Crippen molar-refractivity contribution in [1.29, 1.82) is 0 Å². The van der Waals surface area contributed by atoms with Crippen LogP contribution < -0.4 is 5.32 Å². The van der Waals surface area contributed by atoms with Gasteiger partial charge in [0.05, 0.1) is 16.4 Å². The minimum Gasteiger partial charge on any atom is -0.305 e. The molecule has 2 aromatic rings. The van der Waals surface area contributed by atoms with E-state index in [0.717, 1.165) is 23.5 Å². The second kappa shape index (κ2) is 6.37. The Kier molecular flexibility index (Phi) is 4.78. The van der Waals surface area contributed by atoms with Gasteiger partial charge in [-0.15, -0.1) is 0 Å². The summed E-state index contributed by atoms with van der Waals surface area (Å²) >= 11 is 6.27. The van der Waals surface area contributed by atoms with Crippen molar-refractivity contribution in [3.8, 4) is 0 Å². The first-order chi connectivity index (χ1) is 9.52. The average molecular weight is 296 g/mol. The van der Waals surface area contributed by atoms with Crippen LogP contribution >= 0.6 is 11.6 Å². The minimum atomic E-state index is -0.219. The fourth-order valence-corrected chi connectivity index (χ4v) is 2.36. The first-order valence-corrected chi connectivity index (χ1v) is 7.11. The van der Waals surface area contributed by atoms with E-state index in [1.165, 1.54) is 12.1 Å². The lowest BCUT2D eigenvalue weighted by molar-refractivity contribution is 0.530. The highest BCUT2D eigenvalue weighted by atomic mass is 35.5. The number of aryl methyl sites for hydroxylation is 2. The lowest BCUT2D eigenvalue weighted by Crippen LogP contribution is -2.20. The van der Waals surface area contributed by atoms with Gasteiger partial charge in [0.1, 0.15) is 5.82 Å². The smallest absolute Gasteiger partial charge is 0.123 e. The highest BCUT2D eigenvalue weighted by Crippen LogP contribution is 2.21. The second-order valence-electron chi connectivity index (χ2n) is 4.82. The summed E-state index contributed by atoms with van der Waals surface area (Å²) in [5.41, 5.74) is 2.88. The van der Waals surface area contributed by atoms with Crippen molar-refractivity contribution in [3.05, 3.63) is 52.1 Å². The van der Waals surface area contributed by atoms with E-state index in [-0.39, 0.29) is 11.9 Å². The Morgan fingerprint density at radius 2 is 2.00 bits per heavy atom. The molecule has 1 N–H and O–H groups in total. The van der Waals surface area contributed by atoms with Gasteiger partial charge in [0.2, 0.25) is 0 Å². The van der Waals surface area contributed by atoms with Crippen molar-refractivity contribution in [1.82, 2.24) is 15.1 Å². The van der Waals surface area contributed by atoms with Crippen LogP contribution in [0.25, 0.3) is 0 Å². The molecule has 20 heavy (non-hydrogen) atoms. The monoisotopic (exact) mass is 295 g/mol. The minimum absolute atomic E-state index is 0.118. The molecule has 3 nitrogen and oxygen atoms in total. The number of hydrogen-bond donors (Lipinski definition) is 1. The Morgan fingerprint density at radius 3 is 2.60 bits per heavy atom. The largest absolute Gasteiger partial charge is 0.305 e. The van der Waals surface area contributed by atoms with Gasteiger partial charge >= 0.3 is 0 Å². The molecule has 0 aliphatic carbocycles. The van der Waals surface area contributed by atoms with Gasteiger partial charge in [-0.05, 0) is 38.5 Å². The zero-order valence-electron chi connectivity index (χ0n) is 12.0. The maximum Gasteiger partial charge on any atom is 0.123 e. The highest BCUT2D eigenvalue weighted by Gasteiger charge is 2.13. The van der Waals surface area contributed by atoms with Crippen molar-refractivity contribution in [3.63, 3.8) is 0 Å². The predicted molar refractivity (Wildman–Crippen MR) is 79.3 cm³/mol. The fourth-order valence-electron chi connectivity index (χ4n) is 2.16. The summed E-state index contributed by atoms with van der Waals surface area (Å²) in [7, 11) is 0. The lowest BCUT2D eigenvalue weighted by Gasteiger charge is -2.15. The molecule has 1 heterocycles. The van der Waals surface area contributed by atoms with Crippen LogP contribution in [0.4, 0.5) is 4.39 Å². The van der Waals surface area contributed by atoms with Crippen LogP contribution in [0, 0.1) is 12.7 Å². The first kappa shape index (κ1) is 15.0. The molecule has 0 bridgehead atoms. The van der Waals surface area contributed by atoms with E-state index in [1.807, 2.05) is 25.5 Å². The maximum absolute atomic E-state index is 12.9. The third kappa shape index (κ3) is 3.19. The number of rotatable bonds is 5. The number of nitrogens with zero attached hydrogens (tertiary/aromatic N) is 2. The van der Waals surface area contributed by atoms with E-state index in [1.54, 1.807) is 12.1 Å². The molecule has 0 saturated carbocycles. The van der Waals surface area contributed by atoms with Crippen LogP contribution in [0.2, 0.25) is 5.02 Å². The Balaban J connectivity index is 2.07.